The summed E-state index contributed by atoms with van der Waals surface area (Å²) < 4.78 is 4.58. The van der Waals surface area contributed by atoms with E-state index in [1.807, 2.05) is 0 Å². The molecule has 0 heterocycles. The van der Waals surface area contributed by atoms with Gasteiger partial charge >= 0.3 is 5.97 Å². The summed E-state index contributed by atoms with van der Waals surface area (Å²) in [6, 6.07) is -0.214. The first-order chi connectivity index (χ1) is 5.37. The Morgan fingerprint density at radius 3 is 2.33 bits per heavy atom. The normalized spacial score (nSPS) is 14.1. The highest BCUT2D eigenvalue weighted by Gasteiger charge is 2.16. The third-order valence-electron chi connectivity index (χ3n) is 1.49. The summed E-state index contributed by atoms with van der Waals surface area (Å²) in [4.78, 5) is 10.9. The van der Waals surface area contributed by atoms with Gasteiger partial charge in [0.2, 0.25) is 0 Å². The number of rotatable bonds is 3. The van der Waals surface area contributed by atoms with E-state index in [0.29, 0.717) is 0 Å². The molecule has 72 valence electrons. The van der Waals surface area contributed by atoms with Crippen LogP contribution >= 0.6 is 0 Å². The standard InChI is InChI=1S/C9H19NO2/c1-7(8(11)12-5)10-6-9(2,3)4/h7,10H,6H2,1-5H3. The van der Waals surface area contributed by atoms with Crippen LogP contribution in [0, 0.1) is 5.41 Å². The highest BCUT2D eigenvalue weighted by Crippen LogP contribution is 2.10. The van der Waals surface area contributed by atoms with Crippen LogP contribution in [0.3, 0.4) is 0 Å². The first-order valence-corrected chi connectivity index (χ1v) is 4.18. The molecule has 0 radical (unpaired) electrons. The van der Waals surface area contributed by atoms with E-state index in [4.69, 9.17) is 0 Å². The van der Waals surface area contributed by atoms with E-state index >= 15 is 0 Å². The fourth-order valence-electron chi connectivity index (χ4n) is 0.719. The van der Waals surface area contributed by atoms with Crippen LogP contribution in [0.5, 0.6) is 0 Å². The molecule has 0 amide bonds. The molecule has 0 bridgehead atoms. The molecule has 0 aliphatic heterocycles. The Labute approximate surface area is 74.5 Å². The Kier molecular flexibility index (Phi) is 4.24. The summed E-state index contributed by atoms with van der Waals surface area (Å²) in [7, 11) is 1.40. The zero-order valence-electron chi connectivity index (χ0n) is 8.60. The van der Waals surface area contributed by atoms with Crippen molar-refractivity contribution in [1.29, 1.82) is 0 Å². The van der Waals surface area contributed by atoms with Gasteiger partial charge in [-0.25, -0.2) is 0 Å². The van der Waals surface area contributed by atoms with E-state index in [-0.39, 0.29) is 17.4 Å². The Morgan fingerprint density at radius 2 is 2.00 bits per heavy atom. The maximum Gasteiger partial charge on any atom is 0.322 e. The molecule has 0 aromatic rings. The van der Waals surface area contributed by atoms with Crippen LogP contribution in [0.15, 0.2) is 0 Å². The minimum absolute atomic E-state index is 0.197. The predicted octanol–water partition coefficient (Wildman–Crippen LogP) is 1.18. The van der Waals surface area contributed by atoms with Gasteiger partial charge < -0.3 is 10.1 Å². The summed E-state index contributed by atoms with van der Waals surface area (Å²) in [6.45, 7) is 8.96. The number of hydrogen-bond donors (Lipinski definition) is 1. The first kappa shape index (κ1) is 11.4. The lowest BCUT2D eigenvalue weighted by molar-refractivity contribution is -0.142. The van der Waals surface area contributed by atoms with Crippen LogP contribution in [-0.2, 0) is 9.53 Å². The highest BCUT2D eigenvalue weighted by atomic mass is 16.5. The van der Waals surface area contributed by atoms with Crippen LogP contribution in [0.2, 0.25) is 0 Å². The summed E-state index contributed by atoms with van der Waals surface area (Å²) in [5.74, 6) is -0.209. The van der Waals surface area contributed by atoms with Gasteiger partial charge in [-0.05, 0) is 12.3 Å². The van der Waals surface area contributed by atoms with E-state index in [9.17, 15) is 4.79 Å². The van der Waals surface area contributed by atoms with Gasteiger partial charge in [0.1, 0.15) is 6.04 Å². The summed E-state index contributed by atoms with van der Waals surface area (Å²) in [5, 5.41) is 3.10. The van der Waals surface area contributed by atoms with E-state index in [0.717, 1.165) is 6.54 Å². The molecule has 0 aromatic heterocycles. The maximum atomic E-state index is 10.9. The lowest BCUT2D eigenvalue weighted by Crippen LogP contribution is -2.39. The van der Waals surface area contributed by atoms with E-state index in [2.05, 4.69) is 30.8 Å². The maximum absolute atomic E-state index is 10.9. The van der Waals surface area contributed by atoms with Crippen LogP contribution in [0.1, 0.15) is 27.7 Å². The van der Waals surface area contributed by atoms with Crippen molar-refractivity contribution in [3.05, 3.63) is 0 Å². The Bertz CT molecular complexity index is 149. The Balaban J connectivity index is 3.72. The van der Waals surface area contributed by atoms with Crippen LogP contribution in [-0.4, -0.2) is 25.7 Å². The number of methoxy groups -OCH3 is 1. The zero-order chi connectivity index (χ0) is 9.78. The van der Waals surface area contributed by atoms with E-state index in [1.54, 1.807) is 6.92 Å². The molecule has 0 aliphatic carbocycles. The molecule has 0 rings (SSSR count). The van der Waals surface area contributed by atoms with Gasteiger partial charge in [-0.1, -0.05) is 20.8 Å². The van der Waals surface area contributed by atoms with Crippen molar-refractivity contribution in [3.63, 3.8) is 0 Å². The van der Waals surface area contributed by atoms with Crippen LogP contribution in [0.25, 0.3) is 0 Å². The fraction of sp³-hybridized carbons (Fsp3) is 0.889. The third-order valence-corrected chi connectivity index (χ3v) is 1.49. The highest BCUT2D eigenvalue weighted by molar-refractivity contribution is 5.75. The Morgan fingerprint density at radius 1 is 1.50 bits per heavy atom. The number of esters is 1. The third kappa shape index (κ3) is 5.13. The van der Waals surface area contributed by atoms with Crippen molar-refractivity contribution in [2.45, 2.75) is 33.7 Å². The Hall–Kier alpha value is -0.570. The molecule has 3 nitrogen and oxygen atoms in total. The SMILES string of the molecule is COC(=O)C(C)NCC(C)(C)C. The van der Waals surface area contributed by atoms with Crippen molar-refractivity contribution >= 4 is 5.97 Å². The molecular weight excluding hydrogens is 154 g/mol. The van der Waals surface area contributed by atoms with E-state index < -0.39 is 0 Å². The lowest BCUT2D eigenvalue weighted by atomic mass is 9.97. The van der Waals surface area contributed by atoms with Crippen molar-refractivity contribution in [3.8, 4) is 0 Å². The fourth-order valence-corrected chi connectivity index (χ4v) is 0.719. The van der Waals surface area contributed by atoms with Gasteiger partial charge in [-0.2, -0.15) is 0 Å². The lowest BCUT2D eigenvalue weighted by Gasteiger charge is -2.21. The van der Waals surface area contributed by atoms with Crippen molar-refractivity contribution in [2.75, 3.05) is 13.7 Å². The summed E-state index contributed by atoms with van der Waals surface area (Å²) in [5.41, 5.74) is 0.197. The molecule has 3 heteroatoms. The number of ether oxygens (including phenoxy) is 1. The van der Waals surface area contributed by atoms with Gasteiger partial charge in [0.25, 0.3) is 0 Å². The largest absolute Gasteiger partial charge is 0.468 e. The quantitative estimate of drug-likeness (QED) is 0.651. The molecule has 0 spiro atoms. The molecule has 0 fully saturated rings. The van der Waals surface area contributed by atoms with Gasteiger partial charge in [-0.3, -0.25) is 4.79 Å². The minimum atomic E-state index is -0.214. The summed E-state index contributed by atoms with van der Waals surface area (Å²) >= 11 is 0. The van der Waals surface area contributed by atoms with E-state index in [1.165, 1.54) is 7.11 Å². The second-order valence-electron chi connectivity index (χ2n) is 4.19. The first-order valence-electron chi connectivity index (χ1n) is 4.18. The molecule has 0 aliphatic rings. The van der Waals surface area contributed by atoms with Gasteiger partial charge in [0, 0.05) is 6.54 Å². The second-order valence-corrected chi connectivity index (χ2v) is 4.19. The molecule has 1 unspecified atom stereocenters. The van der Waals surface area contributed by atoms with Crippen molar-refractivity contribution < 1.29 is 9.53 Å². The van der Waals surface area contributed by atoms with Crippen LogP contribution in [0.4, 0.5) is 0 Å². The molecule has 1 N–H and O–H groups in total. The van der Waals surface area contributed by atoms with Crippen molar-refractivity contribution in [1.82, 2.24) is 5.32 Å². The average molecular weight is 173 g/mol. The number of carbonyl (C=O) groups is 1. The summed E-state index contributed by atoms with van der Waals surface area (Å²) in [6.07, 6.45) is 0. The minimum Gasteiger partial charge on any atom is -0.468 e. The smallest absolute Gasteiger partial charge is 0.322 e. The van der Waals surface area contributed by atoms with Gasteiger partial charge in [-0.15, -0.1) is 0 Å². The zero-order valence-corrected chi connectivity index (χ0v) is 8.60. The molecular formula is C9H19NO2. The van der Waals surface area contributed by atoms with Gasteiger partial charge in [0.05, 0.1) is 7.11 Å². The molecule has 0 saturated carbocycles. The monoisotopic (exact) mass is 173 g/mol. The number of hydrogen-bond acceptors (Lipinski definition) is 3. The number of nitrogens with one attached hydrogen (secondary N) is 1. The van der Waals surface area contributed by atoms with Crippen LogP contribution < -0.4 is 5.32 Å². The molecule has 0 saturated heterocycles. The number of carbonyl (C=O) groups excluding carboxylic acids is 1. The molecule has 12 heavy (non-hydrogen) atoms. The van der Waals surface area contributed by atoms with Gasteiger partial charge in [0.15, 0.2) is 0 Å². The average Bonchev–Trinajstić information content (AvgIpc) is 1.97. The molecule has 0 aromatic carbocycles. The second kappa shape index (κ2) is 4.45. The molecule has 1 atom stereocenters. The van der Waals surface area contributed by atoms with Crippen molar-refractivity contribution in [2.24, 2.45) is 5.41 Å². The predicted molar refractivity (Wildman–Crippen MR) is 48.9 cm³/mol. The topological polar surface area (TPSA) is 38.3 Å².